The Labute approximate surface area is 262 Å². The first-order chi connectivity index (χ1) is 21.9. The van der Waals surface area contributed by atoms with Crippen LogP contribution in [0.1, 0.15) is 43.0 Å². The monoisotopic (exact) mass is 603 g/mol. The Bertz CT molecular complexity index is 1670. The Kier molecular flexibility index (Phi) is 10.6. The molecule has 0 spiro atoms. The molecule has 45 heavy (non-hydrogen) atoms. The van der Waals surface area contributed by atoms with Gasteiger partial charge in [0.2, 0.25) is 11.8 Å². The van der Waals surface area contributed by atoms with Gasteiger partial charge >= 0.3 is 5.97 Å². The molecule has 0 aliphatic rings. The molecule has 0 aliphatic heterocycles. The summed E-state index contributed by atoms with van der Waals surface area (Å²) < 4.78 is 0. The molecule has 9 heteroatoms. The minimum atomic E-state index is -1.04. The van der Waals surface area contributed by atoms with Crippen LogP contribution in [0, 0.1) is 0 Å². The summed E-state index contributed by atoms with van der Waals surface area (Å²) in [7, 11) is 0. The molecule has 9 nitrogen and oxygen atoms in total. The molecule has 0 radical (unpaired) electrons. The van der Waals surface area contributed by atoms with Gasteiger partial charge in [0, 0.05) is 36.8 Å². The number of carbonyl (C=O) groups excluding carboxylic acids is 2. The third-order valence-corrected chi connectivity index (χ3v) is 7.58. The van der Waals surface area contributed by atoms with Gasteiger partial charge in [0.25, 0.3) is 0 Å². The van der Waals surface area contributed by atoms with E-state index in [4.69, 9.17) is 0 Å². The summed E-state index contributed by atoms with van der Waals surface area (Å²) in [5, 5.41) is 19.7. The molecule has 0 saturated heterocycles. The number of benzene rings is 3. The van der Waals surface area contributed by atoms with E-state index in [1.807, 2.05) is 103 Å². The van der Waals surface area contributed by atoms with Gasteiger partial charge in [-0.2, -0.15) is 0 Å². The first-order valence-corrected chi connectivity index (χ1v) is 15.1. The number of carbonyl (C=O) groups is 3. The molecule has 0 bridgehead atoms. The van der Waals surface area contributed by atoms with Crippen LogP contribution in [0.5, 0.6) is 0 Å². The average molecular weight is 604 g/mol. The number of nitrogens with one attached hydrogen (secondary N) is 4. The van der Waals surface area contributed by atoms with E-state index in [0.717, 1.165) is 40.0 Å². The van der Waals surface area contributed by atoms with Gasteiger partial charge in [-0.25, -0.2) is 4.98 Å². The second-order valence-electron chi connectivity index (χ2n) is 11.0. The molecule has 1 unspecified atom stereocenters. The van der Waals surface area contributed by atoms with Crippen LogP contribution in [-0.2, 0) is 20.8 Å². The molecule has 2 amide bonds. The molecule has 0 saturated carbocycles. The average Bonchev–Trinajstić information content (AvgIpc) is 3.47. The number of unbranched alkanes of at least 4 members (excludes halogenated alkanes) is 1. The number of aromatic amines is 1. The summed E-state index contributed by atoms with van der Waals surface area (Å²) >= 11 is 0. The Morgan fingerprint density at radius 2 is 1.53 bits per heavy atom. The quantitative estimate of drug-likeness (QED) is 0.0950. The number of nitrogens with zero attached hydrogens (tertiary/aromatic N) is 1. The van der Waals surface area contributed by atoms with E-state index in [0.29, 0.717) is 18.5 Å². The Morgan fingerprint density at radius 3 is 2.27 bits per heavy atom. The van der Waals surface area contributed by atoms with Crippen LogP contribution >= 0.6 is 0 Å². The third-order valence-electron chi connectivity index (χ3n) is 7.58. The maximum Gasteiger partial charge on any atom is 0.305 e. The zero-order valence-corrected chi connectivity index (χ0v) is 24.9. The van der Waals surface area contributed by atoms with Gasteiger partial charge in [-0.05, 0) is 59.2 Å². The Hall–Kier alpha value is -5.44. The first-order valence-electron chi connectivity index (χ1n) is 15.1. The summed E-state index contributed by atoms with van der Waals surface area (Å²) in [6.45, 7) is 0.670. The Balaban J connectivity index is 1.26. The largest absolute Gasteiger partial charge is 0.481 e. The van der Waals surface area contributed by atoms with E-state index in [9.17, 15) is 19.5 Å². The summed E-state index contributed by atoms with van der Waals surface area (Å²) in [6, 6.07) is 31.1. The van der Waals surface area contributed by atoms with E-state index < -0.39 is 24.0 Å². The SMILES string of the molecule is O=C(O)CC(NC(=O)[C@@H](Cc1cc2ccccc2[nH]1)NC(=O)CCCCNc1ccccn1)c1ccc(-c2ccccc2)cc1. The smallest absolute Gasteiger partial charge is 0.305 e. The van der Waals surface area contributed by atoms with E-state index in [-0.39, 0.29) is 25.2 Å². The molecular weight excluding hydrogens is 566 g/mol. The lowest BCUT2D eigenvalue weighted by Crippen LogP contribution is -2.49. The fourth-order valence-corrected chi connectivity index (χ4v) is 5.27. The van der Waals surface area contributed by atoms with Crippen LogP contribution in [0.4, 0.5) is 5.82 Å². The van der Waals surface area contributed by atoms with Crippen LogP contribution in [0.25, 0.3) is 22.0 Å². The van der Waals surface area contributed by atoms with Gasteiger partial charge in [-0.1, -0.05) is 78.9 Å². The number of carboxylic acids is 1. The zero-order valence-electron chi connectivity index (χ0n) is 24.9. The number of carboxylic acid groups (broad SMARTS) is 1. The minimum Gasteiger partial charge on any atom is -0.481 e. The van der Waals surface area contributed by atoms with Gasteiger partial charge in [-0.3, -0.25) is 14.4 Å². The molecule has 5 rings (SSSR count). The van der Waals surface area contributed by atoms with Crippen LogP contribution in [0.15, 0.2) is 109 Å². The molecule has 2 aromatic heterocycles. The van der Waals surface area contributed by atoms with Crippen molar-refractivity contribution in [2.24, 2.45) is 0 Å². The van der Waals surface area contributed by atoms with E-state index in [2.05, 4.69) is 25.9 Å². The standard InChI is InChI=1S/C36H37N5O4/c42-34(15-7-9-21-38-33-14-6-8-20-37-33)40-32(23-29-22-28-12-4-5-13-30(28)39-29)36(45)41-31(24-35(43)44)27-18-16-26(17-19-27)25-10-2-1-3-11-25/h1-6,8,10-14,16-20,22,31-32,39H,7,9,15,21,23-24H2,(H,37,38)(H,40,42)(H,41,45)(H,43,44)/t31?,32-/m1/s1. The van der Waals surface area contributed by atoms with Crippen molar-refractivity contribution < 1.29 is 19.5 Å². The molecular formula is C36H37N5O4. The van der Waals surface area contributed by atoms with Crippen LogP contribution in [-0.4, -0.2) is 45.4 Å². The highest BCUT2D eigenvalue weighted by molar-refractivity contribution is 5.89. The minimum absolute atomic E-state index is 0.222. The van der Waals surface area contributed by atoms with Gasteiger partial charge in [0.05, 0.1) is 12.5 Å². The summed E-state index contributed by atoms with van der Waals surface area (Å²) in [4.78, 5) is 46.1. The molecule has 3 aromatic carbocycles. The van der Waals surface area contributed by atoms with Crippen LogP contribution < -0.4 is 16.0 Å². The third kappa shape index (κ3) is 9.03. The summed E-state index contributed by atoms with van der Waals surface area (Å²) in [6.07, 6.45) is 3.27. The number of hydrogen-bond donors (Lipinski definition) is 5. The van der Waals surface area contributed by atoms with Gasteiger partial charge in [-0.15, -0.1) is 0 Å². The normalized spacial score (nSPS) is 12.3. The number of fused-ring (bicyclic) bond motifs is 1. The molecule has 5 N–H and O–H groups in total. The van der Waals surface area contributed by atoms with Gasteiger partial charge in [0.1, 0.15) is 11.9 Å². The Morgan fingerprint density at radius 1 is 0.800 bits per heavy atom. The molecule has 5 aromatic rings. The van der Waals surface area contributed by atoms with E-state index in [1.165, 1.54) is 0 Å². The van der Waals surface area contributed by atoms with Crippen molar-refractivity contribution in [2.75, 3.05) is 11.9 Å². The van der Waals surface area contributed by atoms with Crippen molar-refractivity contribution in [3.8, 4) is 11.1 Å². The van der Waals surface area contributed by atoms with Crippen molar-refractivity contribution >= 4 is 34.5 Å². The van der Waals surface area contributed by atoms with Crippen LogP contribution in [0.3, 0.4) is 0 Å². The highest BCUT2D eigenvalue weighted by Gasteiger charge is 2.26. The maximum absolute atomic E-state index is 13.7. The van der Waals surface area contributed by atoms with Crippen molar-refractivity contribution in [3.63, 3.8) is 0 Å². The number of anilines is 1. The molecule has 0 fully saturated rings. The zero-order chi connectivity index (χ0) is 31.4. The number of aromatic nitrogens is 2. The van der Waals surface area contributed by atoms with E-state index in [1.54, 1.807) is 6.20 Å². The molecule has 2 atom stereocenters. The number of para-hydroxylation sites is 1. The van der Waals surface area contributed by atoms with Gasteiger partial charge in [0.15, 0.2) is 0 Å². The topological polar surface area (TPSA) is 136 Å². The highest BCUT2D eigenvalue weighted by Crippen LogP contribution is 2.24. The van der Waals surface area contributed by atoms with Crippen molar-refractivity contribution in [1.82, 2.24) is 20.6 Å². The summed E-state index contributed by atoms with van der Waals surface area (Å²) in [5.74, 6) is -0.950. The molecule has 2 heterocycles. The number of hydrogen-bond acceptors (Lipinski definition) is 5. The van der Waals surface area contributed by atoms with Gasteiger partial charge < -0.3 is 26.0 Å². The maximum atomic E-state index is 13.7. The second kappa shape index (κ2) is 15.3. The van der Waals surface area contributed by atoms with Crippen molar-refractivity contribution in [2.45, 2.75) is 44.2 Å². The number of H-pyrrole nitrogens is 1. The second-order valence-corrected chi connectivity index (χ2v) is 11.0. The number of aliphatic carboxylic acids is 1. The van der Waals surface area contributed by atoms with Crippen molar-refractivity contribution in [1.29, 1.82) is 0 Å². The lowest BCUT2D eigenvalue weighted by atomic mass is 9.98. The molecule has 0 aliphatic carbocycles. The van der Waals surface area contributed by atoms with Crippen LogP contribution in [0.2, 0.25) is 0 Å². The summed E-state index contributed by atoms with van der Waals surface area (Å²) in [5.41, 5.74) is 4.41. The highest BCUT2D eigenvalue weighted by atomic mass is 16.4. The number of pyridine rings is 1. The predicted octanol–water partition coefficient (Wildman–Crippen LogP) is 5.87. The molecule has 230 valence electrons. The lowest BCUT2D eigenvalue weighted by molar-refractivity contribution is -0.138. The number of amides is 2. The lowest BCUT2D eigenvalue weighted by Gasteiger charge is -2.23. The fourth-order valence-electron chi connectivity index (χ4n) is 5.27. The fraction of sp³-hybridized carbons (Fsp3) is 0.222. The predicted molar refractivity (Wildman–Crippen MR) is 176 cm³/mol. The number of rotatable bonds is 15. The van der Waals surface area contributed by atoms with E-state index >= 15 is 0 Å². The van der Waals surface area contributed by atoms with Crippen molar-refractivity contribution in [3.05, 3.63) is 121 Å². The first kappa shape index (κ1) is 31.0.